The van der Waals surface area contributed by atoms with Crippen molar-refractivity contribution in [3.63, 3.8) is 0 Å². The topological polar surface area (TPSA) is 86.0 Å². The van der Waals surface area contributed by atoms with Crippen molar-refractivity contribution in [2.75, 3.05) is 6.61 Å². The van der Waals surface area contributed by atoms with Gasteiger partial charge in [0.15, 0.2) is 0 Å². The summed E-state index contributed by atoms with van der Waals surface area (Å²) >= 11 is 1.04. The molecule has 0 unspecified atom stereocenters. The third-order valence-corrected chi connectivity index (χ3v) is 4.09. The van der Waals surface area contributed by atoms with E-state index in [1.165, 1.54) is 0 Å². The number of thiazole rings is 1. The number of nitrogens with zero attached hydrogens (tertiary/aromatic N) is 2. The van der Waals surface area contributed by atoms with Gasteiger partial charge in [-0.1, -0.05) is 13.8 Å². The van der Waals surface area contributed by atoms with Crippen LogP contribution in [0.3, 0.4) is 0 Å². The third kappa shape index (κ3) is 5.11. The number of hydrogen-bond donors (Lipinski definition) is 0. The molecule has 1 aromatic heterocycles. The summed E-state index contributed by atoms with van der Waals surface area (Å²) in [5, 5.41) is 20.8. The largest absolute Gasteiger partial charge is 1.00 e. The Morgan fingerprint density at radius 1 is 1.48 bits per heavy atom. The third-order valence-electron chi connectivity index (χ3n) is 2.90. The van der Waals surface area contributed by atoms with Crippen molar-refractivity contribution >= 4 is 17.3 Å². The molecule has 114 valence electrons. The number of carbonyl (C=O) groups excluding carboxylic acids is 1. The number of carbonyl (C=O) groups is 1. The van der Waals surface area contributed by atoms with E-state index >= 15 is 0 Å². The quantitative estimate of drug-likeness (QED) is 0.669. The van der Waals surface area contributed by atoms with Gasteiger partial charge in [-0.15, -0.1) is 11.3 Å². The molecule has 2 aromatic rings. The minimum absolute atomic E-state index is 0. The number of hydrogen-bond acceptors (Lipinski definition) is 6. The first kappa shape index (κ1) is 20.3. The van der Waals surface area contributed by atoms with E-state index < -0.39 is 5.97 Å². The van der Waals surface area contributed by atoms with Crippen molar-refractivity contribution in [1.29, 1.82) is 5.26 Å². The zero-order valence-corrected chi connectivity index (χ0v) is 17.5. The molecule has 0 saturated carbocycles. The average Bonchev–Trinajstić information content (AvgIpc) is 2.87. The molecule has 7 heteroatoms. The smallest absolute Gasteiger partial charge is 0.544 e. The van der Waals surface area contributed by atoms with Crippen molar-refractivity contribution in [2.24, 2.45) is 5.92 Å². The van der Waals surface area contributed by atoms with E-state index in [9.17, 15) is 15.2 Å². The monoisotopic (exact) mass is 354 g/mol. The van der Waals surface area contributed by atoms with Gasteiger partial charge in [0.1, 0.15) is 16.8 Å². The summed E-state index contributed by atoms with van der Waals surface area (Å²) in [6.07, 6.45) is 0. The zero-order valence-electron chi connectivity index (χ0n) is 13.5. The summed E-state index contributed by atoms with van der Waals surface area (Å²) < 4.78 is 5.60. The van der Waals surface area contributed by atoms with E-state index in [1.54, 1.807) is 25.1 Å². The molecule has 5 nitrogen and oxygen atoms in total. The van der Waals surface area contributed by atoms with Crippen LogP contribution in [0.15, 0.2) is 18.2 Å². The molecule has 0 atom stereocenters. The summed E-state index contributed by atoms with van der Waals surface area (Å²) in [4.78, 5) is 15.3. The van der Waals surface area contributed by atoms with Crippen LogP contribution in [-0.2, 0) is 0 Å². The van der Waals surface area contributed by atoms with Gasteiger partial charge in [-0.3, -0.25) is 0 Å². The molecular formula is C16H15KN2O3S. The molecule has 0 spiro atoms. The molecule has 2 rings (SSSR count). The first-order valence-electron chi connectivity index (χ1n) is 6.78. The maximum absolute atomic E-state index is 11.0. The summed E-state index contributed by atoms with van der Waals surface area (Å²) in [5.41, 5.74) is 1.51. The standard InChI is InChI=1S/C16H16N2O3S.K/c1-9(2)8-21-13-5-4-11(6-12(13)7-17)15-18-10(3)14(22-15)16(19)20;/h4-6,9H,8H2,1-3H3,(H,19,20);/q;+1/p-1. The number of carboxylic acids is 1. The number of aryl methyl sites for hydroxylation is 1. The Morgan fingerprint density at radius 3 is 2.70 bits per heavy atom. The van der Waals surface area contributed by atoms with Crippen LogP contribution >= 0.6 is 11.3 Å². The summed E-state index contributed by atoms with van der Waals surface area (Å²) in [6, 6.07) is 7.24. The SMILES string of the molecule is Cc1nc(-c2ccc(OCC(C)C)c(C#N)c2)sc1C(=O)[O-].[K+]. The number of ether oxygens (including phenoxy) is 1. The molecule has 0 radical (unpaired) electrons. The van der Waals surface area contributed by atoms with Gasteiger partial charge >= 0.3 is 51.4 Å². The predicted molar refractivity (Wildman–Crippen MR) is 81.7 cm³/mol. The van der Waals surface area contributed by atoms with E-state index in [2.05, 4.69) is 11.1 Å². The van der Waals surface area contributed by atoms with Gasteiger partial charge in [0.25, 0.3) is 0 Å². The van der Waals surface area contributed by atoms with Crippen LogP contribution in [0.2, 0.25) is 0 Å². The molecule has 0 fully saturated rings. The predicted octanol–water partition coefficient (Wildman–Crippen LogP) is -0.607. The second-order valence-corrected chi connectivity index (χ2v) is 6.25. The van der Waals surface area contributed by atoms with Crippen LogP contribution in [-0.4, -0.2) is 17.6 Å². The molecule has 0 aliphatic heterocycles. The van der Waals surface area contributed by atoms with Crippen LogP contribution in [0, 0.1) is 24.2 Å². The van der Waals surface area contributed by atoms with Gasteiger partial charge in [0.2, 0.25) is 0 Å². The van der Waals surface area contributed by atoms with Gasteiger partial charge in [-0.25, -0.2) is 4.98 Å². The molecular weight excluding hydrogens is 339 g/mol. The van der Waals surface area contributed by atoms with Crippen LogP contribution < -0.4 is 61.2 Å². The second kappa shape index (κ2) is 8.92. The zero-order chi connectivity index (χ0) is 16.3. The van der Waals surface area contributed by atoms with Crippen molar-refractivity contribution in [2.45, 2.75) is 20.8 Å². The molecule has 0 amide bonds. The van der Waals surface area contributed by atoms with E-state index in [-0.39, 0.29) is 56.3 Å². The van der Waals surface area contributed by atoms with Crippen LogP contribution in [0.25, 0.3) is 10.6 Å². The Balaban J connectivity index is 0.00000264. The summed E-state index contributed by atoms with van der Waals surface area (Å²) in [7, 11) is 0. The number of rotatable bonds is 5. The van der Waals surface area contributed by atoms with Crippen LogP contribution in [0.5, 0.6) is 5.75 Å². The van der Waals surface area contributed by atoms with Crippen LogP contribution in [0.1, 0.15) is 34.8 Å². The molecule has 1 aromatic carbocycles. The molecule has 0 saturated heterocycles. The van der Waals surface area contributed by atoms with Gasteiger partial charge in [0, 0.05) is 5.56 Å². The minimum atomic E-state index is -1.24. The first-order chi connectivity index (χ1) is 10.4. The number of benzene rings is 1. The number of aromatic nitrogens is 1. The van der Waals surface area contributed by atoms with Gasteiger partial charge in [-0.05, 0) is 31.0 Å². The van der Waals surface area contributed by atoms with E-state index in [1.807, 2.05) is 13.8 Å². The number of nitriles is 1. The Morgan fingerprint density at radius 2 is 2.17 bits per heavy atom. The van der Waals surface area contributed by atoms with Gasteiger partial charge in [0.05, 0.1) is 28.7 Å². The molecule has 23 heavy (non-hydrogen) atoms. The Labute approximate surface area is 181 Å². The maximum Gasteiger partial charge on any atom is 1.00 e. The first-order valence-corrected chi connectivity index (χ1v) is 7.60. The molecule has 0 bridgehead atoms. The maximum atomic E-state index is 11.0. The van der Waals surface area contributed by atoms with Crippen molar-refractivity contribution in [1.82, 2.24) is 4.98 Å². The van der Waals surface area contributed by atoms with Crippen molar-refractivity contribution < 1.29 is 66.0 Å². The Bertz CT molecular complexity index is 750. The summed E-state index contributed by atoms with van der Waals surface area (Å²) in [5.74, 6) is -0.356. The Hall–Kier alpha value is -0.754. The number of aromatic carboxylic acids is 1. The minimum Gasteiger partial charge on any atom is -0.544 e. The molecule has 1 heterocycles. The van der Waals surface area contributed by atoms with Crippen molar-refractivity contribution in [3.05, 3.63) is 34.3 Å². The fourth-order valence-electron chi connectivity index (χ4n) is 1.84. The fraction of sp³-hybridized carbons (Fsp3) is 0.312. The van der Waals surface area contributed by atoms with E-state index in [0.717, 1.165) is 11.3 Å². The molecule has 0 aliphatic carbocycles. The number of carboxylic acid groups (broad SMARTS) is 1. The van der Waals surface area contributed by atoms with Crippen LogP contribution in [0.4, 0.5) is 0 Å². The Kier molecular flexibility index (Phi) is 7.87. The van der Waals surface area contributed by atoms with Crippen molar-refractivity contribution in [3.8, 4) is 22.4 Å². The summed E-state index contributed by atoms with van der Waals surface area (Å²) in [6.45, 7) is 6.20. The van der Waals surface area contributed by atoms with E-state index in [0.29, 0.717) is 40.1 Å². The van der Waals surface area contributed by atoms with E-state index in [4.69, 9.17) is 4.74 Å². The molecule has 0 aliphatic rings. The fourth-order valence-corrected chi connectivity index (χ4v) is 2.74. The normalized spacial score (nSPS) is 10.0. The average molecular weight is 354 g/mol. The second-order valence-electron chi connectivity index (χ2n) is 5.25. The van der Waals surface area contributed by atoms with Gasteiger partial charge in [-0.2, -0.15) is 5.26 Å². The molecule has 0 N–H and O–H groups in total. The van der Waals surface area contributed by atoms with Gasteiger partial charge < -0.3 is 14.6 Å².